The standard InChI is InChI=1S/C10H20BrNO/c1-8(2)7-10(13)12-6-4-5-9(3)11/h8-9H,4-7H2,1-3H3,(H,12,13). The van der Waals surface area contributed by atoms with E-state index in [0.29, 0.717) is 17.2 Å². The quantitative estimate of drug-likeness (QED) is 0.570. The van der Waals surface area contributed by atoms with Gasteiger partial charge in [-0.15, -0.1) is 0 Å². The van der Waals surface area contributed by atoms with Crippen molar-refractivity contribution in [1.29, 1.82) is 0 Å². The van der Waals surface area contributed by atoms with E-state index < -0.39 is 0 Å². The first kappa shape index (κ1) is 12.9. The molecule has 13 heavy (non-hydrogen) atoms. The Kier molecular flexibility index (Phi) is 7.33. The molecule has 0 aliphatic rings. The molecular formula is C10H20BrNO. The first-order valence-corrected chi connectivity index (χ1v) is 5.84. The molecule has 1 N–H and O–H groups in total. The maximum atomic E-state index is 11.2. The number of amides is 1. The lowest BCUT2D eigenvalue weighted by molar-refractivity contribution is -0.121. The van der Waals surface area contributed by atoms with Gasteiger partial charge in [0.15, 0.2) is 0 Å². The van der Waals surface area contributed by atoms with Crippen LogP contribution in [-0.4, -0.2) is 17.3 Å². The maximum Gasteiger partial charge on any atom is 0.220 e. The SMILES string of the molecule is CC(C)CC(=O)NCCCC(C)Br. The van der Waals surface area contributed by atoms with Crippen molar-refractivity contribution in [3.63, 3.8) is 0 Å². The fourth-order valence-electron chi connectivity index (χ4n) is 1.05. The number of carbonyl (C=O) groups is 1. The van der Waals surface area contributed by atoms with Gasteiger partial charge in [0, 0.05) is 17.8 Å². The summed E-state index contributed by atoms with van der Waals surface area (Å²) in [4.78, 5) is 11.7. The largest absolute Gasteiger partial charge is 0.356 e. The zero-order chi connectivity index (χ0) is 10.3. The summed E-state index contributed by atoms with van der Waals surface area (Å²) in [6.45, 7) is 7.04. The van der Waals surface area contributed by atoms with Crippen LogP contribution in [-0.2, 0) is 4.79 Å². The molecule has 2 nitrogen and oxygen atoms in total. The van der Waals surface area contributed by atoms with Crippen LogP contribution in [0.25, 0.3) is 0 Å². The van der Waals surface area contributed by atoms with Gasteiger partial charge >= 0.3 is 0 Å². The van der Waals surface area contributed by atoms with Crippen molar-refractivity contribution in [2.45, 2.75) is 44.9 Å². The Hall–Kier alpha value is -0.0500. The Morgan fingerprint density at radius 1 is 1.38 bits per heavy atom. The highest BCUT2D eigenvalue weighted by atomic mass is 79.9. The van der Waals surface area contributed by atoms with E-state index >= 15 is 0 Å². The van der Waals surface area contributed by atoms with Gasteiger partial charge in [-0.25, -0.2) is 0 Å². The first-order chi connectivity index (χ1) is 6.02. The normalized spacial score (nSPS) is 13.0. The van der Waals surface area contributed by atoms with Gasteiger partial charge in [0.2, 0.25) is 5.91 Å². The second-order valence-corrected chi connectivity index (χ2v) is 5.43. The molecule has 0 saturated heterocycles. The number of alkyl halides is 1. The van der Waals surface area contributed by atoms with Gasteiger partial charge in [0.1, 0.15) is 0 Å². The summed E-state index contributed by atoms with van der Waals surface area (Å²) < 4.78 is 0. The summed E-state index contributed by atoms with van der Waals surface area (Å²) in [5.74, 6) is 0.632. The van der Waals surface area contributed by atoms with Gasteiger partial charge in [0.25, 0.3) is 0 Å². The molecule has 0 bridgehead atoms. The van der Waals surface area contributed by atoms with Crippen LogP contribution in [0, 0.1) is 5.92 Å². The molecule has 78 valence electrons. The molecule has 0 aromatic rings. The van der Waals surface area contributed by atoms with Crippen molar-refractivity contribution < 1.29 is 4.79 Å². The van der Waals surface area contributed by atoms with Crippen LogP contribution >= 0.6 is 15.9 Å². The van der Waals surface area contributed by atoms with Crippen molar-refractivity contribution in [3.8, 4) is 0 Å². The molecule has 0 radical (unpaired) electrons. The molecule has 1 unspecified atom stereocenters. The molecule has 1 amide bonds. The number of halogens is 1. The molecule has 0 spiro atoms. The molecule has 0 aromatic carbocycles. The molecule has 1 atom stereocenters. The van der Waals surface area contributed by atoms with Crippen LogP contribution in [0.2, 0.25) is 0 Å². The third kappa shape index (κ3) is 9.87. The Morgan fingerprint density at radius 3 is 2.46 bits per heavy atom. The minimum Gasteiger partial charge on any atom is -0.356 e. The molecule has 0 rings (SSSR count). The molecule has 0 saturated carbocycles. The monoisotopic (exact) mass is 249 g/mol. The topological polar surface area (TPSA) is 29.1 Å². The van der Waals surface area contributed by atoms with Crippen molar-refractivity contribution in [2.75, 3.05) is 6.54 Å². The number of hydrogen-bond acceptors (Lipinski definition) is 1. The number of rotatable bonds is 6. The fraction of sp³-hybridized carbons (Fsp3) is 0.900. The maximum absolute atomic E-state index is 11.2. The summed E-state index contributed by atoms with van der Waals surface area (Å²) >= 11 is 3.47. The first-order valence-electron chi connectivity index (χ1n) is 4.93. The molecule has 0 aliphatic carbocycles. The van der Waals surface area contributed by atoms with Crippen molar-refractivity contribution in [2.24, 2.45) is 5.92 Å². The van der Waals surface area contributed by atoms with Crippen LogP contribution in [0.3, 0.4) is 0 Å². The van der Waals surface area contributed by atoms with Gasteiger partial charge in [0.05, 0.1) is 0 Å². The van der Waals surface area contributed by atoms with Crippen molar-refractivity contribution >= 4 is 21.8 Å². The zero-order valence-electron chi connectivity index (χ0n) is 8.77. The van der Waals surface area contributed by atoms with E-state index in [1.807, 2.05) is 0 Å². The molecule has 0 aromatic heterocycles. The van der Waals surface area contributed by atoms with E-state index in [0.717, 1.165) is 19.4 Å². The van der Waals surface area contributed by atoms with Gasteiger partial charge in [-0.1, -0.05) is 36.7 Å². The van der Waals surface area contributed by atoms with Crippen LogP contribution in [0.15, 0.2) is 0 Å². The van der Waals surface area contributed by atoms with Crippen LogP contribution in [0.1, 0.15) is 40.0 Å². The van der Waals surface area contributed by atoms with E-state index in [9.17, 15) is 4.79 Å². The predicted molar refractivity (Wildman–Crippen MR) is 60.1 cm³/mol. The third-order valence-electron chi connectivity index (χ3n) is 1.69. The Bertz CT molecular complexity index is 146. The fourth-order valence-corrected chi connectivity index (χ4v) is 1.38. The molecule has 0 aliphatic heterocycles. The van der Waals surface area contributed by atoms with Crippen molar-refractivity contribution in [3.05, 3.63) is 0 Å². The zero-order valence-corrected chi connectivity index (χ0v) is 10.4. The Balaban J connectivity index is 3.27. The highest BCUT2D eigenvalue weighted by molar-refractivity contribution is 9.09. The van der Waals surface area contributed by atoms with Crippen LogP contribution in [0.4, 0.5) is 0 Å². The van der Waals surface area contributed by atoms with E-state index in [4.69, 9.17) is 0 Å². The highest BCUT2D eigenvalue weighted by Crippen LogP contribution is 2.05. The van der Waals surface area contributed by atoms with E-state index in [1.165, 1.54) is 0 Å². The van der Waals surface area contributed by atoms with Gasteiger partial charge in [-0.3, -0.25) is 4.79 Å². The summed E-state index contributed by atoms with van der Waals surface area (Å²) in [5.41, 5.74) is 0. The minimum atomic E-state index is 0.178. The third-order valence-corrected chi connectivity index (χ3v) is 2.15. The number of nitrogens with one attached hydrogen (secondary N) is 1. The van der Waals surface area contributed by atoms with E-state index in [1.54, 1.807) is 0 Å². The number of carbonyl (C=O) groups excluding carboxylic acids is 1. The minimum absolute atomic E-state index is 0.178. The van der Waals surface area contributed by atoms with Crippen LogP contribution < -0.4 is 5.32 Å². The lowest BCUT2D eigenvalue weighted by Gasteiger charge is -2.07. The second kappa shape index (κ2) is 7.36. The van der Waals surface area contributed by atoms with Crippen LogP contribution in [0.5, 0.6) is 0 Å². The van der Waals surface area contributed by atoms with E-state index in [2.05, 4.69) is 42.0 Å². The summed E-state index contributed by atoms with van der Waals surface area (Å²) in [7, 11) is 0. The predicted octanol–water partition coefficient (Wildman–Crippen LogP) is 2.71. The lowest BCUT2D eigenvalue weighted by Crippen LogP contribution is -2.25. The average molecular weight is 250 g/mol. The molecule has 3 heteroatoms. The lowest BCUT2D eigenvalue weighted by atomic mass is 10.1. The Morgan fingerprint density at radius 2 is 2.00 bits per heavy atom. The number of hydrogen-bond donors (Lipinski definition) is 1. The Labute approximate surface area is 89.6 Å². The summed E-state index contributed by atoms with van der Waals surface area (Å²) in [6.07, 6.45) is 2.81. The molecule has 0 fully saturated rings. The van der Waals surface area contributed by atoms with Gasteiger partial charge < -0.3 is 5.32 Å². The van der Waals surface area contributed by atoms with Gasteiger partial charge in [-0.05, 0) is 18.8 Å². The smallest absolute Gasteiger partial charge is 0.220 e. The average Bonchev–Trinajstić information content (AvgIpc) is 1.96. The molecule has 0 heterocycles. The van der Waals surface area contributed by atoms with E-state index in [-0.39, 0.29) is 5.91 Å². The van der Waals surface area contributed by atoms with Crippen molar-refractivity contribution in [1.82, 2.24) is 5.32 Å². The highest BCUT2D eigenvalue weighted by Gasteiger charge is 2.03. The van der Waals surface area contributed by atoms with Gasteiger partial charge in [-0.2, -0.15) is 0 Å². The second-order valence-electron chi connectivity index (χ2n) is 3.87. The molecular weight excluding hydrogens is 230 g/mol. The summed E-state index contributed by atoms with van der Waals surface area (Å²) in [6, 6.07) is 0. The summed E-state index contributed by atoms with van der Waals surface area (Å²) in [5, 5.41) is 2.91.